The number of aliphatic hydroxyl groups excluding tert-OH is 1. The van der Waals surface area contributed by atoms with E-state index in [1.807, 2.05) is 84.9 Å². The molecule has 2 N–H and O–H groups in total. The van der Waals surface area contributed by atoms with Crippen LogP contribution >= 0.6 is 0 Å². The van der Waals surface area contributed by atoms with Crippen molar-refractivity contribution in [3.63, 3.8) is 0 Å². The first-order valence-electron chi connectivity index (χ1n) is 20.2. The standard InChI is InChI=1S/C46H56N4O7/c1-6-10-21-38(52)47-31(5)41(33-19-15-12-16-20-33)56-45(55)39-37-26-27-46(57-37)40(39)43(53)50(36(30-51)29-32-17-13-11-14-18-32)42(46)44(54)49(28-7-2)35-24-22-34(23-25-35)48(8-3)9-4/h6-7,11-20,22-25,31,36-37,39-42,51H,1-2,8-10,21,26-30H2,3-5H3,(H,47,52)/t31-,36-,37+,39-,40-,41-,42+,46-/m1/s1. The lowest BCUT2D eigenvalue weighted by atomic mass is 9.70. The molecule has 3 heterocycles. The maximum Gasteiger partial charge on any atom is 0.313 e. The van der Waals surface area contributed by atoms with Gasteiger partial charge < -0.3 is 34.6 Å². The Bertz CT molecular complexity index is 1890. The number of ether oxygens (including phenoxy) is 2. The van der Waals surface area contributed by atoms with E-state index in [1.165, 1.54) is 4.90 Å². The highest BCUT2D eigenvalue weighted by Crippen LogP contribution is 2.59. The maximum atomic E-state index is 15.3. The molecule has 11 heteroatoms. The molecule has 0 unspecified atom stereocenters. The molecule has 3 aliphatic rings. The minimum absolute atomic E-state index is 0.162. The number of esters is 1. The van der Waals surface area contributed by atoms with Crippen molar-refractivity contribution in [1.29, 1.82) is 0 Å². The summed E-state index contributed by atoms with van der Waals surface area (Å²) in [5, 5.41) is 13.9. The number of allylic oxidation sites excluding steroid dienone is 1. The molecule has 1 spiro atoms. The Hall–Kier alpha value is -5.26. The topological polar surface area (TPSA) is 129 Å². The molecule has 0 radical (unpaired) electrons. The van der Waals surface area contributed by atoms with Crippen LogP contribution in [0, 0.1) is 11.8 Å². The van der Waals surface area contributed by atoms with Gasteiger partial charge in [-0.2, -0.15) is 0 Å². The maximum absolute atomic E-state index is 15.3. The molecule has 11 nitrogen and oxygen atoms in total. The molecule has 57 heavy (non-hydrogen) atoms. The summed E-state index contributed by atoms with van der Waals surface area (Å²) in [6.45, 7) is 15.0. The molecular weight excluding hydrogens is 721 g/mol. The number of hydrogen-bond acceptors (Lipinski definition) is 8. The predicted octanol–water partition coefficient (Wildman–Crippen LogP) is 5.79. The smallest absolute Gasteiger partial charge is 0.313 e. The summed E-state index contributed by atoms with van der Waals surface area (Å²) in [7, 11) is 0. The zero-order valence-corrected chi connectivity index (χ0v) is 33.3. The molecular formula is C46H56N4O7. The number of fused-ring (bicyclic) bond motifs is 1. The Morgan fingerprint density at radius 2 is 1.63 bits per heavy atom. The second-order valence-electron chi connectivity index (χ2n) is 15.2. The van der Waals surface area contributed by atoms with E-state index in [9.17, 15) is 14.7 Å². The molecule has 3 fully saturated rings. The normalized spacial score (nSPS) is 23.6. The van der Waals surface area contributed by atoms with E-state index in [1.54, 1.807) is 24.0 Å². The molecule has 0 aromatic heterocycles. The first-order valence-corrected chi connectivity index (χ1v) is 20.2. The lowest BCUT2D eigenvalue weighted by molar-refractivity contribution is -0.162. The Morgan fingerprint density at radius 1 is 0.982 bits per heavy atom. The second-order valence-corrected chi connectivity index (χ2v) is 15.2. The quantitative estimate of drug-likeness (QED) is 0.116. The summed E-state index contributed by atoms with van der Waals surface area (Å²) < 4.78 is 13.1. The number of carbonyl (C=O) groups is 4. The fourth-order valence-electron chi connectivity index (χ4n) is 9.14. The zero-order chi connectivity index (χ0) is 40.7. The number of hydrogen-bond donors (Lipinski definition) is 2. The van der Waals surface area contributed by atoms with Gasteiger partial charge in [-0.25, -0.2) is 0 Å². The van der Waals surface area contributed by atoms with Crippen molar-refractivity contribution >= 4 is 35.1 Å². The fourth-order valence-corrected chi connectivity index (χ4v) is 9.14. The van der Waals surface area contributed by atoms with Crippen LogP contribution in [0.4, 0.5) is 11.4 Å². The molecule has 3 amide bonds. The van der Waals surface area contributed by atoms with Gasteiger partial charge in [0.25, 0.3) is 5.91 Å². The largest absolute Gasteiger partial charge is 0.455 e. The number of rotatable bonds is 19. The first-order chi connectivity index (χ1) is 27.6. The lowest BCUT2D eigenvalue weighted by Crippen LogP contribution is -2.59. The molecule has 3 aromatic rings. The van der Waals surface area contributed by atoms with Gasteiger partial charge in [-0.05, 0) is 81.8 Å². The van der Waals surface area contributed by atoms with Crippen molar-refractivity contribution in [1.82, 2.24) is 10.2 Å². The summed E-state index contributed by atoms with van der Waals surface area (Å²) >= 11 is 0. The van der Waals surface area contributed by atoms with Gasteiger partial charge in [0.2, 0.25) is 11.8 Å². The molecule has 0 aliphatic carbocycles. The van der Waals surface area contributed by atoms with Gasteiger partial charge in [0.1, 0.15) is 17.7 Å². The van der Waals surface area contributed by atoms with Crippen LogP contribution in [0.1, 0.15) is 63.7 Å². The third-order valence-electron chi connectivity index (χ3n) is 11.8. The van der Waals surface area contributed by atoms with Gasteiger partial charge in [-0.15, -0.1) is 13.2 Å². The van der Waals surface area contributed by atoms with Gasteiger partial charge in [-0.1, -0.05) is 72.8 Å². The molecule has 2 bridgehead atoms. The number of amides is 3. The van der Waals surface area contributed by atoms with Crippen molar-refractivity contribution < 1.29 is 33.8 Å². The second kappa shape index (κ2) is 18.3. The molecule has 3 aromatic carbocycles. The monoisotopic (exact) mass is 776 g/mol. The predicted molar refractivity (Wildman–Crippen MR) is 220 cm³/mol. The Labute approximate surface area is 336 Å². The molecule has 3 aliphatic heterocycles. The Kier molecular flexibility index (Phi) is 13.3. The average Bonchev–Trinajstić information content (AvgIpc) is 3.88. The molecule has 0 saturated carbocycles. The van der Waals surface area contributed by atoms with Gasteiger partial charge in [0.15, 0.2) is 0 Å². The van der Waals surface area contributed by atoms with Crippen molar-refractivity contribution in [3.05, 3.63) is 121 Å². The van der Waals surface area contributed by atoms with Crippen LogP contribution in [0.3, 0.4) is 0 Å². The van der Waals surface area contributed by atoms with E-state index in [-0.39, 0.29) is 31.2 Å². The van der Waals surface area contributed by atoms with Crippen LogP contribution in [0.2, 0.25) is 0 Å². The van der Waals surface area contributed by atoms with Crippen molar-refractivity contribution in [2.75, 3.05) is 36.0 Å². The lowest BCUT2D eigenvalue weighted by Gasteiger charge is -2.39. The van der Waals surface area contributed by atoms with Crippen LogP contribution in [0.15, 0.2) is 110 Å². The van der Waals surface area contributed by atoms with Gasteiger partial charge >= 0.3 is 5.97 Å². The average molecular weight is 777 g/mol. The first kappa shape index (κ1) is 41.4. The van der Waals surface area contributed by atoms with E-state index in [4.69, 9.17) is 9.47 Å². The molecule has 3 saturated heterocycles. The van der Waals surface area contributed by atoms with E-state index in [0.717, 1.165) is 24.3 Å². The number of likely N-dealkylation sites (tertiary alicyclic amines) is 1. The van der Waals surface area contributed by atoms with Crippen LogP contribution < -0.4 is 15.1 Å². The highest BCUT2D eigenvalue weighted by molar-refractivity contribution is 6.05. The van der Waals surface area contributed by atoms with E-state index in [0.29, 0.717) is 30.5 Å². The van der Waals surface area contributed by atoms with Crippen LogP contribution in [0.5, 0.6) is 0 Å². The van der Waals surface area contributed by atoms with Gasteiger partial charge in [0, 0.05) is 37.4 Å². The van der Waals surface area contributed by atoms with Crippen molar-refractivity contribution in [2.45, 2.75) is 88.8 Å². The summed E-state index contributed by atoms with van der Waals surface area (Å²) in [6, 6.07) is 23.9. The highest BCUT2D eigenvalue weighted by Gasteiger charge is 2.75. The summed E-state index contributed by atoms with van der Waals surface area (Å²) in [6.07, 6.45) is 3.62. The zero-order valence-electron chi connectivity index (χ0n) is 33.3. The van der Waals surface area contributed by atoms with Crippen LogP contribution in [-0.2, 0) is 35.1 Å². The minimum atomic E-state index is -1.35. The van der Waals surface area contributed by atoms with Gasteiger partial charge in [-0.3, -0.25) is 19.2 Å². The van der Waals surface area contributed by atoms with Gasteiger partial charge in [0.05, 0.1) is 36.6 Å². The van der Waals surface area contributed by atoms with E-state index < -0.39 is 66.3 Å². The third kappa shape index (κ3) is 8.27. The number of aliphatic hydroxyl groups is 1. The third-order valence-corrected chi connectivity index (χ3v) is 11.8. The number of nitrogens with zero attached hydrogens (tertiary/aromatic N) is 3. The van der Waals surface area contributed by atoms with Crippen molar-refractivity contribution in [2.24, 2.45) is 11.8 Å². The van der Waals surface area contributed by atoms with Crippen LogP contribution in [0.25, 0.3) is 0 Å². The number of benzene rings is 3. The Morgan fingerprint density at radius 3 is 2.25 bits per heavy atom. The van der Waals surface area contributed by atoms with E-state index >= 15 is 9.59 Å². The van der Waals surface area contributed by atoms with Crippen molar-refractivity contribution in [3.8, 4) is 0 Å². The Balaban J connectivity index is 1.37. The highest BCUT2D eigenvalue weighted by atomic mass is 16.6. The minimum Gasteiger partial charge on any atom is -0.455 e. The number of anilines is 2. The molecule has 8 atom stereocenters. The van der Waals surface area contributed by atoms with Crippen LogP contribution in [-0.4, -0.2) is 89.8 Å². The fraction of sp³-hybridized carbons (Fsp3) is 0.435. The molecule has 302 valence electrons. The summed E-state index contributed by atoms with van der Waals surface area (Å²) in [5.74, 6) is -3.69. The summed E-state index contributed by atoms with van der Waals surface area (Å²) in [5.41, 5.74) is 1.87. The number of nitrogens with one attached hydrogen (secondary N) is 1. The van der Waals surface area contributed by atoms with E-state index in [2.05, 4.69) is 37.2 Å². The number of carbonyl (C=O) groups excluding carboxylic acids is 4. The SMILES string of the molecule is C=CCCC(=O)N[C@H](C)[C@@H](OC(=O)[C@@H]1[C@@H]2CC[C@]3(O2)[C@H](C(=O)N(CC=C)c2ccc(N(CC)CC)cc2)N([C@@H](CO)Cc2ccccc2)C(=O)[C@@H]13)c1ccccc1. The molecule has 6 rings (SSSR count). The summed E-state index contributed by atoms with van der Waals surface area (Å²) in [4.78, 5) is 63.1.